The molecule has 1 aliphatic rings. The monoisotopic (exact) mass is 336 g/mol. The lowest BCUT2D eigenvalue weighted by atomic mass is 10.1. The number of likely N-dealkylation sites (tertiary alicyclic amines) is 1. The third-order valence-corrected chi connectivity index (χ3v) is 4.41. The van der Waals surface area contributed by atoms with Crippen LogP contribution in [0.4, 0.5) is 4.39 Å². The van der Waals surface area contributed by atoms with Crippen LogP contribution in [-0.4, -0.2) is 35.0 Å². The van der Waals surface area contributed by atoms with Gasteiger partial charge in [-0.2, -0.15) is 0 Å². The summed E-state index contributed by atoms with van der Waals surface area (Å²) in [6.07, 6.45) is 2.24. The molecule has 5 heteroatoms. The van der Waals surface area contributed by atoms with E-state index in [1.54, 1.807) is 23.2 Å². The molecule has 4 rings (SSSR count). The molecule has 2 heterocycles. The first kappa shape index (κ1) is 15.6. The number of carbonyl (C=O) groups excluding carboxylic acids is 1. The average Bonchev–Trinajstić information content (AvgIpc) is 3.09. The van der Waals surface area contributed by atoms with E-state index in [-0.39, 0.29) is 17.8 Å². The molecule has 1 saturated heterocycles. The lowest BCUT2D eigenvalue weighted by Gasteiger charge is -2.17. The Bertz CT molecular complexity index is 923. The minimum atomic E-state index is -0.330. The van der Waals surface area contributed by atoms with E-state index in [0.717, 1.165) is 10.8 Å². The van der Waals surface area contributed by atoms with Gasteiger partial charge < -0.3 is 9.64 Å². The van der Waals surface area contributed by atoms with E-state index in [1.807, 2.05) is 30.3 Å². The number of benzene rings is 2. The Morgan fingerprint density at radius 3 is 2.92 bits per heavy atom. The molecule has 25 heavy (non-hydrogen) atoms. The highest BCUT2D eigenvalue weighted by Gasteiger charge is 2.29. The predicted molar refractivity (Wildman–Crippen MR) is 93.1 cm³/mol. The van der Waals surface area contributed by atoms with Crippen LogP contribution in [0.3, 0.4) is 0 Å². The van der Waals surface area contributed by atoms with Crippen molar-refractivity contribution in [1.82, 2.24) is 9.88 Å². The van der Waals surface area contributed by atoms with Gasteiger partial charge in [0, 0.05) is 30.6 Å². The average molecular weight is 336 g/mol. The molecule has 0 aliphatic carbocycles. The van der Waals surface area contributed by atoms with Gasteiger partial charge in [-0.25, -0.2) is 4.39 Å². The Hall–Kier alpha value is -2.95. The second kappa shape index (κ2) is 6.51. The summed E-state index contributed by atoms with van der Waals surface area (Å²) in [6.45, 7) is 1.07. The number of aromatic nitrogens is 1. The molecule has 2 aromatic carbocycles. The van der Waals surface area contributed by atoms with Crippen LogP contribution >= 0.6 is 0 Å². The molecule has 0 bridgehead atoms. The fourth-order valence-corrected chi connectivity index (χ4v) is 3.18. The third kappa shape index (κ3) is 3.18. The number of fused-ring (bicyclic) bond motifs is 1. The van der Waals surface area contributed by atoms with Crippen molar-refractivity contribution in [3.63, 3.8) is 0 Å². The van der Waals surface area contributed by atoms with Crippen LogP contribution in [0.1, 0.15) is 16.9 Å². The topological polar surface area (TPSA) is 42.4 Å². The molecule has 0 radical (unpaired) electrons. The van der Waals surface area contributed by atoms with E-state index in [0.29, 0.717) is 31.0 Å². The second-order valence-corrected chi connectivity index (χ2v) is 6.12. The van der Waals surface area contributed by atoms with Crippen molar-refractivity contribution in [3.05, 3.63) is 72.3 Å². The molecule has 1 aromatic heterocycles. The third-order valence-electron chi connectivity index (χ3n) is 4.41. The molecule has 4 nitrogen and oxygen atoms in total. The maximum Gasteiger partial charge on any atom is 0.273 e. The number of hydrogen-bond acceptors (Lipinski definition) is 3. The van der Waals surface area contributed by atoms with Crippen LogP contribution in [0, 0.1) is 5.82 Å². The Morgan fingerprint density at radius 2 is 2.04 bits per heavy atom. The van der Waals surface area contributed by atoms with Gasteiger partial charge in [-0.1, -0.05) is 30.3 Å². The summed E-state index contributed by atoms with van der Waals surface area (Å²) in [6, 6.07) is 15.7. The maximum absolute atomic E-state index is 13.3. The highest BCUT2D eigenvalue weighted by atomic mass is 19.1. The zero-order valence-electron chi connectivity index (χ0n) is 13.6. The molecule has 1 amide bonds. The van der Waals surface area contributed by atoms with E-state index in [1.165, 1.54) is 12.1 Å². The van der Waals surface area contributed by atoms with Gasteiger partial charge in [-0.3, -0.25) is 9.78 Å². The summed E-state index contributed by atoms with van der Waals surface area (Å²) in [7, 11) is 0. The quantitative estimate of drug-likeness (QED) is 0.733. The normalized spacial score (nSPS) is 17.0. The van der Waals surface area contributed by atoms with Crippen LogP contribution in [0.2, 0.25) is 0 Å². The summed E-state index contributed by atoms with van der Waals surface area (Å²) in [5.41, 5.74) is 0.463. The van der Waals surface area contributed by atoms with Crippen molar-refractivity contribution in [1.29, 1.82) is 0 Å². The van der Waals surface area contributed by atoms with Crippen LogP contribution < -0.4 is 4.74 Å². The smallest absolute Gasteiger partial charge is 0.273 e. The van der Waals surface area contributed by atoms with E-state index in [9.17, 15) is 9.18 Å². The molecule has 126 valence electrons. The van der Waals surface area contributed by atoms with Crippen LogP contribution in [0.25, 0.3) is 10.8 Å². The maximum atomic E-state index is 13.3. The van der Waals surface area contributed by atoms with E-state index in [2.05, 4.69) is 4.98 Å². The zero-order chi connectivity index (χ0) is 17.2. The molecular weight excluding hydrogens is 319 g/mol. The van der Waals surface area contributed by atoms with Gasteiger partial charge in [0.25, 0.3) is 5.91 Å². The van der Waals surface area contributed by atoms with E-state index < -0.39 is 0 Å². The van der Waals surface area contributed by atoms with Crippen molar-refractivity contribution in [3.8, 4) is 5.75 Å². The number of hydrogen-bond donors (Lipinski definition) is 0. The lowest BCUT2D eigenvalue weighted by Crippen LogP contribution is -2.31. The van der Waals surface area contributed by atoms with Crippen molar-refractivity contribution in [2.75, 3.05) is 13.1 Å². The molecule has 1 aliphatic heterocycles. The van der Waals surface area contributed by atoms with Crippen molar-refractivity contribution >= 4 is 16.7 Å². The van der Waals surface area contributed by atoms with E-state index >= 15 is 0 Å². The van der Waals surface area contributed by atoms with Crippen LogP contribution in [-0.2, 0) is 0 Å². The summed E-state index contributed by atoms with van der Waals surface area (Å²) in [4.78, 5) is 18.9. The highest BCUT2D eigenvalue weighted by molar-refractivity contribution is 6.05. The largest absolute Gasteiger partial charge is 0.488 e. The minimum absolute atomic E-state index is 0.0952. The van der Waals surface area contributed by atoms with Gasteiger partial charge in [-0.15, -0.1) is 0 Å². The first-order valence-electron chi connectivity index (χ1n) is 8.26. The number of ether oxygens (including phenoxy) is 1. The Kier molecular flexibility index (Phi) is 4.06. The molecule has 3 aromatic rings. The molecule has 0 saturated carbocycles. The first-order chi connectivity index (χ1) is 12.2. The molecule has 0 N–H and O–H groups in total. The lowest BCUT2D eigenvalue weighted by molar-refractivity contribution is 0.0768. The molecule has 1 unspecified atom stereocenters. The Morgan fingerprint density at radius 1 is 1.16 bits per heavy atom. The summed E-state index contributed by atoms with van der Waals surface area (Å²) >= 11 is 0. The number of nitrogens with zero attached hydrogens (tertiary/aromatic N) is 2. The van der Waals surface area contributed by atoms with Crippen molar-refractivity contribution in [2.24, 2.45) is 0 Å². The van der Waals surface area contributed by atoms with Gasteiger partial charge in [0.1, 0.15) is 23.4 Å². The molecule has 1 atom stereocenters. The fraction of sp³-hybridized carbons (Fsp3) is 0.200. The molecule has 0 spiro atoms. The summed E-state index contributed by atoms with van der Waals surface area (Å²) in [5, 5.41) is 1.84. The first-order valence-corrected chi connectivity index (χ1v) is 8.26. The SMILES string of the molecule is O=C(c1nccc2ccccc12)N1CCC(Oc2cccc(F)c2)C1. The van der Waals surface area contributed by atoms with Crippen LogP contribution in [0.5, 0.6) is 5.75 Å². The Labute approximate surface area is 144 Å². The Balaban J connectivity index is 1.50. The second-order valence-electron chi connectivity index (χ2n) is 6.12. The zero-order valence-corrected chi connectivity index (χ0v) is 13.6. The van der Waals surface area contributed by atoms with Crippen molar-refractivity contribution < 1.29 is 13.9 Å². The number of carbonyl (C=O) groups is 1. The number of halogens is 1. The number of rotatable bonds is 3. The summed E-state index contributed by atoms with van der Waals surface area (Å²) < 4.78 is 19.1. The standard InChI is InChI=1S/C20H17FN2O2/c21-15-5-3-6-16(12-15)25-17-9-11-23(13-17)20(24)19-18-7-2-1-4-14(18)8-10-22-19/h1-8,10,12,17H,9,11,13H2. The van der Waals surface area contributed by atoms with E-state index in [4.69, 9.17) is 4.74 Å². The molecule has 1 fully saturated rings. The van der Waals surface area contributed by atoms with Gasteiger partial charge in [0.05, 0.1) is 6.54 Å². The molecular formula is C20H17FN2O2. The number of amides is 1. The fourth-order valence-electron chi connectivity index (χ4n) is 3.18. The highest BCUT2D eigenvalue weighted by Crippen LogP contribution is 2.23. The van der Waals surface area contributed by atoms with Gasteiger partial charge in [0.2, 0.25) is 0 Å². The van der Waals surface area contributed by atoms with Crippen molar-refractivity contribution in [2.45, 2.75) is 12.5 Å². The number of pyridine rings is 1. The summed E-state index contributed by atoms with van der Waals surface area (Å²) in [5.74, 6) is 0.0631. The van der Waals surface area contributed by atoms with Gasteiger partial charge in [0.15, 0.2) is 0 Å². The minimum Gasteiger partial charge on any atom is -0.488 e. The predicted octanol–water partition coefficient (Wildman–Crippen LogP) is 3.67. The van der Waals surface area contributed by atoms with Gasteiger partial charge >= 0.3 is 0 Å². The van der Waals surface area contributed by atoms with Crippen LogP contribution in [0.15, 0.2) is 60.8 Å². The van der Waals surface area contributed by atoms with Gasteiger partial charge in [-0.05, 0) is 23.6 Å².